The van der Waals surface area contributed by atoms with Gasteiger partial charge in [-0.05, 0) is 37.1 Å². The first-order valence-corrected chi connectivity index (χ1v) is 6.43. The molecule has 1 heterocycles. The number of benzene rings is 1. The van der Waals surface area contributed by atoms with Gasteiger partial charge in [0.15, 0.2) is 0 Å². The number of fused-ring (bicyclic) bond motifs is 1. The molecule has 0 bridgehead atoms. The Hall–Kier alpha value is -1.45. The molecule has 3 heteroatoms. The maximum Gasteiger partial charge on any atom is 0.0705 e. The van der Waals surface area contributed by atoms with E-state index in [9.17, 15) is 0 Å². The van der Waals surface area contributed by atoms with E-state index in [-0.39, 0.29) is 12.6 Å². The Kier molecular flexibility index (Phi) is 4.28. The molecule has 0 fully saturated rings. The normalized spacial score (nSPS) is 12.8. The fraction of sp³-hybridized carbons (Fsp3) is 0.400. The van der Waals surface area contributed by atoms with Crippen molar-refractivity contribution in [1.29, 1.82) is 0 Å². The fourth-order valence-corrected chi connectivity index (χ4v) is 1.99. The van der Waals surface area contributed by atoms with E-state index in [2.05, 4.69) is 41.5 Å². The molecule has 1 aromatic heterocycles. The van der Waals surface area contributed by atoms with Crippen LogP contribution in [0.1, 0.15) is 24.6 Å². The van der Waals surface area contributed by atoms with E-state index < -0.39 is 0 Å². The molecule has 0 aliphatic rings. The smallest absolute Gasteiger partial charge is 0.0705 e. The summed E-state index contributed by atoms with van der Waals surface area (Å²) in [5, 5.41) is 13.6. The number of pyridine rings is 1. The first kappa shape index (κ1) is 13.0. The summed E-state index contributed by atoms with van der Waals surface area (Å²) in [5.74, 6) is 0. The van der Waals surface area contributed by atoms with Gasteiger partial charge in [-0.15, -0.1) is 0 Å². The van der Waals surface area contributed by atoms with Crippen LogP contribution in [0, 0.1) is 6.92 Å². The Bertz CT molecular complexity index is 521. The monoisotopic (exact) mass is 244 g/mol. The summed E-state index contributed by atoms with van der Waals surface area (Å²) < 4.78 is 0. The Morgan fingerprint density at radius 2 is 2.11 bits per heavy atom. The molecule has 0 spiro atoms. The second-order valence-electron chi connectivity index (χ2n) is 4.65. The molecule has 2 N–H and O–H groups in total. The van der Waals surface area contributed by atoms with Crippen molar-refractivity contribution in [2.45, 2.75) is 32.9 Å². The summed E-state index contributed by atoms with van der Waals surface area (Å²) in [4.78, 5) is 4.48. The molecule has 0 saturated carbocycles. The summed E-state index contributed by atoms with van der Waals surface area (Å²) in [6.45, 7) is 5.04. The number of nitrogens with one attached hydrogen (secondary N) is 1. The average molecular weight is 244 g/mol. The maximum atomic E-state index is 9.13. The second kappa shape index (κ2) is 5.94. The molecule has 0 radical (unpaired) electrons. The number of aliphatic hydroxyl groups is 1. The number of hydrogen-bond acceptors (Lipinski definition) is 3. The molecule has 0 aliphatic carbocycles. The van der Waals surface area contributed by atoms with Crippen LogP contribution in [-0.2, 0) is 6.54 Å². The molecule has 0 saturated heterocycles. The van der Waals surface area contributed by atoms with Gasteiger partial charge in [0.25, 0.3) is 0 Å². The van der Waals surface area contributed by atoms with Crippen molar-refractivity contribution in [3.63, 3.8) is 0 Å². The van der Waals surface area contributed by atoms with Crippen molar-refractivity contribution in [3.8, 4) is 0 Å². The molecule has 0 amide bonds. The number of rotatable bonds is 5. The summed E-state index contributed by atoms with van der Waals surface area (Å²) >= 11 is 0. The zero-order valence-electron chi connectivity index (χ0n) is 11.0. The summed E-state index contributed by atoms with van der Waals surface area (Å²) in [5.41, 5.74) is 3.30. The van der Waals surface area contributed by atoms with Crippen LogP contribution in [-0.4, -0.2) is 22.7 Å². The van der Waals surface area contributed by atoms with Gasteiger partial charge in [-0.1, -0.05) is 19.1 Å². The Morgan fingerprint density at radius 1 is 1.28 bits per heavy atom. The van der Waals surface area contributed by atoms with Gasteiger partial charge in [0.1, 0.15) is 0 Å². The van der Waals surface area contributed by atoms with Crippen molar-refractivity contribution < 1.29 is 5.11 Å². The quantitative estimate of drug-likeness (QED) is 0.849. The fourth-order valence-electron chi connectivity index (χ4n) is 1.99. The van der Waals surface area contributed by atoms with Crippen LogP contribution in [0.15, 0.2) is 30.3 Å². The van der Waals surface area contributed by atoms with Crippen molar-refractivity contribution in [1.82, 2.24) is 10.3 Å². The highest BCUT2D eigenvalue weighted by Crippen LogP contribution is 2.14. The highest BCUT2D eigenvalue weighted by Gasteiger charge is 2.04. The lowest BCUT2D eigenvalue weighted by atomic mass is 10.1. The Balaban J connectivity index is 2.12. The second-order valence-corrected chi connectivity index (χ2v) is 4.65. The highest BCUT2D eigenvalue weighted by molar-refractivity contribution is 5.79. The van der Waals surface area contributed by atoms with Gasteiger partial charge in [0.05, 0.1) is 12.1 Å². The number of aryl methyl sites for hydroxylation is 1. The van der Waals surface area contributed by atoms with E-state index in [1.165, 1.54) is 5.56 Å². The van der Waals surface area contributed by atoms with Crippen LogP contribution >= 0.6 is 0 Å². The molecule has 18 heavy (non-hydrogen) atoms. The zero-order chi connectivity index (χ0) is 13.0. The van der Waals surface area contributed by atoms with Crippen LogP contribution in [0.25, 0.3) is 10.9 Å². The van der Waals surface area contributed by atoms with Gasteiger partial charge < -0.3 is 10.4 Å². The van der Waals surface area contributed by atoms with Crippen molar-refractivity contribution in [3.05, 3.63) is 41.6 Å². The van der Waals surface area contributed by atoms with E-state index in [0.717, 1.165) is 29.6 Å². The minimum Gasteiger partial charge on any atom is -0.395 e. The lowest BCUT2D eigenvalue weighted by Gasteiger charge is -2.14. The predicted octanol–water partition coefficient (Wildman–Crippen LogP) is 2.40. The van der Waals surface area contributed by atoms with E-state index in [1.807, 2.05) is 13.0 Å². The van der Waals surface area contributed by atoms with Crippen LogP contribution in [0.4, 0.5) is 0 Å². The van der Waals surface area contributed by atoms with Crippen LogP contribution in [0.3, 0.4) is 0 Å². The molecule has 1 aromatic carbocycles. The van der Waals surface area contributed by atoms with E-state index in [0.29, 0.717) is 0 Å². The van der Waals surface area contributed by atoms with Crippen LogP contribution in [0.5, 0.6) is 0 Å². The van der Waals surface area contributed by atoms with E-state index in [4.69, 9.17) is 5.11 Å². The highest BCUT2D eigenvalue weighted by atomic mass is 16.3. The number of aromatic nitrogens is 1. The molecular weight excluding hydrogens is 224 g/mol. The SMILES string of the molecule is CCC(CO)NCc1ccc2nc(C)ccc2c1. The minimum atomic E-state index is 0.178. The Labute approximate surface area is 108 Å². The van der Waals surface area contributed by atoms with Crippen molar-refractivity contribution >= 4 is 10.9 Å². The summed E-state index contributed by atoms with van der Waals surface area (Å²) in [7, 11) is 0. The van der Waals surface area contributed by atoms with Gasteiger partial charge >= 0.3 is 0 Å². The standard InChI is InChI=1S/C15H20N2O/c1-3-14(10-18)16-9-12-5-7-15-13(8-12)6-4-11(2)17-15/h4-8,14,16,18H,3,9-10H2,1-2H3. The van der Waals surface area contributed by atoms with E-state index >= 15 is 0 Å². The third kappa shape index (κ3) is 3.06. The first-order valence-electron chi connectivity index (χ1n) is 6.43. The third-order valence-electron chi connectivity index (χ3n) is 3.20. The minimum absolute atomic E-state index is 0.178. The maximum absolute atomic E-state index is 9.13. The molecule has 1 atom stereocenters. The Morgan fingerprint density at radius 3 is 2.83 bits per heavy atom. The molecule has 2 aromatic rings. The first-order chi connectivity index (χ1) is 8.72. The molecule has 0 aliphatic heterocycles. The summed E-state index contributed by atoms with van der Waals surface area (Å²) in [6.07, 6.45) is 0.935. The molecular formula is C15H20N2O. The topological polar surface area (TPSA) is 45.1 Å². The van der Waals surface area contributed by atoms with Gasteiger partial charge in [0.2, 0.25) is 0 Å². The lowest BCUT2D eigenvalue weighted by molar-refractivity contribution is 0.238. The largest absolute Gasteiger partial charge is 0.395 e. The third-order valence-corrected chi connectivity index (χ3v) is 3.20. The molecule has 3 nitrogen and oxygen atoms in total. The van der Waals surface area contributed by atoms with Crippen molar-refractivity contribution in [2.75, 3.05) is 6.61 Å². The van der Waals surface area contributed by atoms with Gasteiger partial charge in [0, 0.05) is 23.7 Å². The molecule has 96 valence electrons. The van der Waals surface area contributed by atoms with Gasteiger partial charge in [-0.3, -0.25) is 4.98 Å². The molecule has 1 unspecified atom stereocenters. The summed E-state index contributed by atoms with van der Waals surface area (Å²) in [6, 6.07) is 10.6. The van der Waals surface area contributed by atoms with Gasteiger partial charge in [-0.25, -0.2) is 0 Å². The predicted molar refractivity (Wildman–Crippen MR) is 74.5 cm³/mol. The molecule has 2 rings (SSSR count). The number of aliphatic hydroxyl groups excluding tert-OH is 1. The van der Waals surface area contributed by atoms with Crippen LogP contribution in [0.2, 0.25) is 0 Å². The average Bonchev–Trinajstić information content (AvgIpc) is 2.40. The number of nitrogens with zero attached hydrogens (tertiary/aromatic N) is 1. The lowest BCUT2D eigenvalue weighted by Crippen LogP contribution is -2.31. The number of hydrogen-bond donors (Lipinski definition) is 2. The van der Waals surface area contributed by atoms with Gasteiger partial charge in [-0.2, -0.15) is 0 Å². The van der Waals surface area contributed by atoms with Crippen molar-refractivity contribution in [2.24, 2.45) is 0 Å². The van der Waals surface area contributed by atoms with Crippen LogP contribution < -0.4 is 5.32 Å². The zero-order valence-corrected chi connectivity index (χ0v) is 11.0. The van der Waals surface area contributed by atoms with E-state index in [1.54, 1.807) is 0 Å².